The number of carbonyl (C=O) groups excluding carboxylic acids is 1. The minimum absolute atomic E-state index is 0.0812. The Kier molecular flexibility index (Phi) is 6.80. The molecule has 0 radical (unpaired) electrons. The molecule has 0 aliphatic carbocycles. The molecule has 0 aliphatic heterocycles. The second-order valence-corrected chi connectivity index (χ2v) is 8.07. The normalized spacial score (nSPS) is 14.0. The monoisotopic (exact) mass is 445 g/mol. The van der Waals surface area contributed by atoms with Gasteiger partial charge in [-0.05, 0) is 55.8 Å². The zero-order valence-corrected chi connectivity index (χ0v) is 17.8. The van der Waals surface area contributed by atoms with Crippen LogP contribution in [0.25, 0.3) is 11.3 Å². The SMILES string of the molecule is C[C@H](F)C[C@@](C)(CNc1ccc(-c2cc(Cl)cc(C(N)=O)c2)nn1)c1ncccc1F. The maximum atomic E-state index is 14.3. The maximum Gasteiger partial charge on any atom is 0.248 e. The van der Waals surface area contributed by atoms with Gasteiger partial charge in [0.1, 0.15) is 11.6 Å². The second kappa shape index (κ2) is 9.34. The van der Waals surface area contributed by atoms with E-state index < -0.39 is 23.3 Å². The lowest BCUT2D eigenvalue weighted by atomic mass is 9.81. The fourth-order valence-electron chi connectivity index (χ4n) is 3.45. The van der Waals surface area contributed by atoms with E-state index in [9.17, 15) is 13.6 Å². The van der Waals surface area contributed by atoms with Crippen LogP contribution in [0.5, 0.6) is 0 Å². The van der Waals surface area contributed by atoms with Crippen molar-refractivity contribution >= 4 is 23.3 Å². The van der Waals surface area contributed by atoms with Crippen LogP contribution in [0, 0.1) is 5.82 Å². The molecular weight excluding hydrogens is 424 g/mol. The Morgan fingerprint density at radius 1 is 1.26 bits per heavy atom. The lowest BCUT2D eigenvalue weighted by Crippen LogP contribution is -2.35. The predicted molar refractivity (Wildman–Crippen MR) is 116 cm³/mol. The Hall–Kier alpha value is -3.13. The van der Waals surface area contributed by atoms with Crippen LogP contribution in [0.3, 0.4) is 0 Å². The van der Waals surface area contributed by atoms with Crippen molar-refractivity contribution in [2.45, 2.75) is 31.9 Å². The van der Waals surface area contributed by atoms with Gasteiger partial charge in [0.25, 0.3) is 0 Å². The summed E-state index contributed by atoms with van der Waals surface area (Å²) < 4.78 is 28.2. The Labute approximate surface area is 183 Å². The molecule has 2 aromatic heterocycles. The van der Waals surface area contributed by atoms with E-state index in [1.165, 1.54) is 31.3 Å². The number of amides is 1. The Balaban J connectivity index is 1.80. The first-order valence-electron chi connectivity index (χ1n) is 9.61. The maximum absolute atomic E-state index is 14.3. The van der Waals surface area contributed by atoms with Crippen molar-refractivity contribution in [3.63, 3.8) is 0 Å². The van der Waals surface area contributed by atoms with Crippen molar-refractivity contribution in [3.05, 3.63) is 70.8 Å². The van der Waals surface area contributed by atoms with E-state index in [2.05, 4.69) is 20.5 Å². The standard InChI is InChI=1S/C22H22ClF2N5O/c1-13(24)11-22(2,20-17(25)4-3-7-27-20)12-28-19-6-5-18(29-30-19)14-8-15(21(26)31)10-16(23)9-14/h3-10,13H,11-12H2,1-2H3,(H2,26,31)(H,28,30)/t13-,22-/m0/s1. The highest BCUT2D eigenvalue weighted by Crippen LogP contribution is 2.31. The van der Waals surface area contributed by atoms with Crippen LogP contribution in [0.1, 0.15) is 36.3 Å². The number of alkyl halides is 1. The summed E-state index contributed by atoms with van der Waals surface area (Å²) >= 11 is 6.05. The van der Waals surface area contributed by atoms with Gasteiger partial charge in [0.2, 0.25) is 5.91 Å². The van der Waals surface area contributed by atoms with Crippen LogP contribution in [-0.2, 0) is 5.41 Å². The zero-order valence-electron chi connectivity index (χ0n) is 17.1. The van der Waals surface area contributed by atoms with Crippen molar-refractivity contribution in [1.29, 1.82) is 0 Å². The highest BCUT2D eigenvalue weighted by Gasteiger charge is 2.33. The third-order valence-electron chi connectivity index (χ3n) is 4.86. The third-order valence-corrected chi connectivity index (χ3v) is 5.08. The lowest BCUT2D eigenvalue weighted by molar-refractivity contribution is 0.100. The summed E-state index contributed by atoms with van der Waals surface area (Å²) in [6.45, 7) is 3.38. The Bertz CT molecular complexity index is 1080. The van der Waals surface area contributed by atoms with Crippen LogP contribution in [0.2, 0.25) is 5.02 Å². The molecule has 0 aliphatic rings. The molecule has 3 rings (SSSR count). The summed E-state index contributed by atoms with van der Waals surface area (Å²) in [5.74, 6) is -0.659. The molecule has 1 aromatic carbocycles. The van der Waals surface area contributed by atoms with Crippen molar-refractivity contribution in [2.24, 2.45) is 5.73 Å². The summed E-state index contributed by atoms with van der Waals surface area (Å²) in [5.41, 5.74) is 5.96. The Morgan fingerprint density at radius 3 is 2.65 bits per heavy atom. The number of nitrogens with zero attached hydrogens (tertiary/aromatic N) is 3. The fourth-order valence-corrected chi connectivity index (χ4v) is 3.68. The molecule has 1 amide bonds. The Morgan fingerprint density at radius 2 is 2.03 bits per heavy atom. The first kappa shape index (κ1) is 22.6. The largest absolute Gasteiger partial charge is 0.368 e. The molecule has 2 atom stereocenters. The number of pyridine rings is 1. The van der Waals surface area contributed by atoms with Crippen molar-refractivity contribution in [1.82, 2.24) is 15.2 Å². The number of nitrogens with two attached hydrogens (primary N) is 1. The number of halogens is 3. The highest BCUT2D eigenvalue weighted by molar-refractivity contribution is 6.31. The highest BCUT2D eigenvalue weighted by atomic mass is 35.5. The van der Waals surface area contributed by atoms with Gasteiger partial charge in [0, 0.05) is 34.3 Å². The van der Waals surface area contributed by atoms with Gasteiger partial charge in [-0.25, -0.2) is 8.78 Å². The van der Waals surface area contributed by atoms with Crippen LogP contribution >= 0.6 is 11.6 Å². The molecule has 6 nitrogen and oxygen atoms in total. The van der Waals surface area contributed by atoms with E-state index in [1.807, 2.05) is 0 Å². The van der Waals surface area contributed by atoms with E-state index in [-0.39, 0.29) is 24.2 Å². The summed E-state index contributed by atoms with van der Waals surface area (Å²) in [5, 5.41) is 11.7. The molecule has 0 fully saturated rings. The molecule has 2 heterocycles. The second-order valence-electron chi connectivity index (χ2n) is 7.63. The fraction of sp³-hybridized carbons (Fsp3) is 0.273. The minimum Gasteiger partial charge on any atom is -0.368 e. The average molecular weight is 446 g/mol. The molecule has 9 heteroatoms. The number of nitrogens with one attached hydrogen (secondary N) is 1. The molecule has 0 bridgehead atoms. The number of primary amides is 1. The molecule has 0 saturated carbocycles. The quantitative estimate of drug-likeness (QED) is 0.530. The average Bonchev–Trinajstić information content (AvgIpc) is 2.72. The van der Waals surface area contributed by atoms with Gasteiger partial charge in [0.15, 0.2) is 0 Å². The molecule has 3 N–H and O–H groups in total. The summed E-state index contributed by atoms with van der Waals surface area (Å²) in [7, 11) is 0. The molecule has 0 spiro atoms. The van der Waals surface area contributed by atoms with Crippen molar-refractivity contribution in [2.75, 3.05) is 11.9 Å². The number of benzene rings is 1. The van der Waals surface area contributed by atoms with Crippen LogP contribution in [0.15, 0.2) is 48.7 Å². The summed E-state index contributed by atoms with van der Waals surface area (Å²) in [6, 6.07) is 10.9. The summed E-state index contributed by atoms with van der Waals surface area (Å²) in [4.78, 5) is 15.6. The smallest absolute Gasteiger partial charge is 0.248 e. The van der Waals surface area contributed by atoms with Crippen molar-refractivity contribution < 1.29 is 13.6 Å². The van der Waals surface area contributed by atoms with E-state index in [0.29, 0.717) is 22.1 Å². The van der Waals surface area contributed by atoms with Gasteiger partial charge in [-0.15, -0.1) is 10.2 Å². The number of aromatic nitrogens is 3. The number of rotatable bonds is 8. The number of hydrogen-bond donors (Lipinski definition) is 2. The van der Waals surface area contributed by atoms with E-state index >= 15 is 0 Å². The third kappa shape index (κ3) is 5.52. The van der Waals surface area contributed by atoms with E-state index in [4.69, 9.17) is 17.3 Å². The predicted octanol–water partition coefficient (Wildman–Crippen LogP) is 4.55. The number of anilines is 1. The number of carbonyl (C=O) groups is 1. The molecule has 162 valence electrons. The molecule has 0 saturated heterocycles. The van der Waals surface area contributed by atoms with Crippen LogP contribution in [-0.4, -0.2) is 33.8 Å². The summed E-state index contributed by atoms with van der Waals surface area (Å²) in [6.07, 6.45) is 0.418. The van der Waals surface area contributed by atoms with Gasteiger partial charge < -0.3 is 11.1 Å². The first-order chi connectivity index (χ1) is 14.7. The van der Waals surface area contributed by atoms with Gasteiger partial charge in [-0.3, -0.25) is 9.78 Å². The van der Waals surface area contributed by atoms with Gasteiger partial charge in [-0.1, -0.05) is 18.5 Å². The lowest BCUT2D eigenvalue weighted by Gasteiger charge is -2.30. The van der Waals surface area contributed by atoms with E-state index in [0.717, 1.165) is 0 Å². The van der Waals surface area contributed by atoms with Crippen molar-refractivity contribution in [3.8, 4) is 11.3 Å². The molecule has 0 unspecified atom stereocenters. The topological polar surface area (TPSA) is 93.8 Å². The minimum atomic E-state index is -1.15. The van der Waals surface area contributed by atoms with Gasteiger partial charge >= 0.3 is 0 Å². The molecule has 31 heavy (non-hydrogen) atoms. The van der Waals surface area contributed by atoms with E-state index in [1.54, 1.807) is 31.2 Å². The van der Waals surface area contributed by atoms with Crippen LogP contribution in [0.4, 0.5) is 14.6 Å². The molecule has 3 aromatic rings. The van der Waals surface area contributed by atoms with Gasteiger partial charge in [0.05, 0.1) is 17.6 Å². The number of hydrogen-bond acceptors (Lipinski definition) is 5. The van der Waals surface area contributed by atoms with Crippen LogP contribution < -0.4 is 11.1 Å². The zero-order chi connectivity index (χ0) is 22.6. The first-order valence-corrected chi connectivity index (χ1v) is 9.99. The molecular formula is C22H22ClF2N5O. The van der Waals surface area contributed by atoms with Gasteiger partial charge in [-0.2, -0.15) is 0 Å².